The second-order valence-corrected chi connectivity index (χ2v) is 7.18. The molecule has 0 bridgehead atoms. The van der Waals surface area contributed by atoms with Gasteiger partial charge in [0, 0.05) is 34.5 Å². The van der Waals surface area contributed by atoms with E-state index in [1.165, 1.54) is 6.07 Å². The fourth-order valence-corrected chi connectivity index (χ4v) is 3.85. The fourth-order valence-electron chi connectivity index (χ4n) is 3.02. The normalized spacial score (nSPS) is 20.2. The molecule has 118 valence electrons. The standard InChI is InChI=1S/C17H16N2O3S/c20-14-7-9(15-2-1-5-23-15)6-13-11(14)8-12(17(22)19-13)16(21)18-10-3-4-10/h1-2,5,8-10H,3-4,6-7H2,(H,18,21)(H,19,22)/t9-/m1/s1. The van der Waals surface area contributed by atoms with Crippen molar-refractivity contribution in [2.45, 2.75) is 37.6 Å². The molecule has 2 N–H and O–H groups in total. The Kier molecular flexibility index (Phi) is 3.41. The summed E-state index contributed by atoms with van der Waals surface area (Å²) in [6.45, 7) is 0. The van der Waals surface area contributed by atoms with Crippen molar-refractivity contribution in [3.63, 3.8) is 0 Å². The Balaban J connectivity index is 1.67. The average molecular weight is 328 g/mol. The number of carbonyl (C=O) groups excluding carboxylic acids is 2. The van der Waals surface area contributed by atoms with Crippen molar-refractivity contribution in [2.75, 3.05) is 0 Å². The predicted molar refractivity (Wildman–Crippen MR) is 87.3 cm³/mol. The molecule has 2 heterocycles. The molecule has 0 spiro atoms. The topological polar surface area (TPSA) is 79.0 Å². The first-order valence-corrected chi connectivity index (χ1v) is 8.63. The van der Waals surface area contributed by atoms with Crippen LogP contribution in [0.2, 0.25) is 0 Å². The molecule has 2 aliphatic rings. The monoisotopic (exact) mass is 328 g/mol. The molecule has 0 saturated heterocycles. The number of ketones is 1. The van der Waals surface area contributed by atoms with E-state index in [9.17, 15) is 14.4 Å². The summed E-state index contributed by atoms with van der Waals surface area (Å²) in [7, 11) is 0. The third-order valence-corrected chi connectivity index (χ3v) is 5.44. The Hall–Kier alpha value is -2.21. The number of rotatable bonds is 3. The average Bonchev–Trinajstić information content (AvgIpc) is 3.15. The van der Waals surface area contributed by atoms with Crippen LogP contribution in [0.5, 0.6) is 0 Å². The third-order valence-electron chi connectivity index (χ3n) is 4.41. The van der Waals surface area contributed by atoms with Crippen LogP contribution in [-0.4, -0.2) is 22.7 Å². The smallest absolute Gasteiger partial charge is 0.261 e. The maximum absolute atomic E-state index is 12.5. The quantitative estimate of drug-likeness (QED) is 0.907. The van der Waals surface area contributed by atoms with Gasteiger partial charge in [-0.2, -0.15) is 0 Å². The summed E-state index contributed by atoms with van der Waals surface area (Å²) in [5, 5.41) is 4.78. The van der Waals surface area contributed by atoms with Crippen LogP contribution in [-0.2, 0) is 6.42 Å². The van der Waals surface area contributed by atoms with Crippen LogP contribution in [0.1, 0.15) is 56.5 Å². The number of carbonyl (C=O) groups is 2. The van der Waals surface area contributed by atoms with E-state index in [0.29, 0.717) is 24.1 Å². The summed E-state index contributed by atoms with van der Waals surface area (Å²) in [6.07, 6.45) is 2.95. The first-order chi connectivity index (χ1) is 11.1. The number of nitrogens with one attached hydrogen (secondary N) is 2. The highest BCUT2D eigenvalue weighted by molar-refractivity contribution is 7.10. The van der Waals surface area contributed by atoms with Crippen LogP contribution in [0.15, 0.2) is 28.4 Å². The summed E-state index contributed by atoms with van der Waals surface area (Å²) >= 11 is 1.62. The van der Waals surface area contributed by atoms with Crippen LogP contribution in [0.4, 0.5) is 0 Å². The van der Waals surface area contributed by atoms with Gasteiger partial charge in [-0.1, -0.05) is 6.07 Å². The Bertz CT molecular complexity index is 834. The van der Waals surface area contributed by atoms with Crippen molar-refractivity contribution in [2.24, 2.45) is 0 Å². The molecule has 0 aromatic carbocycles. The SMILES string of the molecule is O=C1C[C@H](c2cccs2)Cc2[nH]c(=O)c(C(=O)NC3CC3)cc21. The number of fused-ring (bicyclic) bond motifs is 1. The molecule has 0 unspecified atom stereocenters. The molecule has 5 nitrogen and oxygen atoms in total. The second-order valence-electron chi connectivity index (χ2n) is 6.20. The lowest BCUT2D eigenvalue weighted by molar-refractivity contribution is 0.0949. The third kappa shape index (κ3) is 2.74. The van der Waals surface area contributed by atoms with Crippen molar-refractivity contribution < 1.29 is 9.59 Å². The minimum Gasteiger partial charge on any atom is -0.349 e. The molecule has 4 rings (SSSR count). The van der Waals surface area contributed by atoms with E-state index in [2.05, 4.69) is 10.3 Å². The summed E-state index contributed by atoms with van der Waals surface area (Å²) in [6, 6.07) is 5.63. The van der Waals surface area contributed by atoms with Gasteiger partial charge in [0.15, 0.2) is 5.78 Å². The summed E-state index contributed by atoms with van der Waals surface area (Å²) in [4.78, 5) is 40.7. The van der Waals surface area contributed by atoms with E-state index in [0.717, 1.165) is 17.7 Å². The van der Waals surface area contributed by atoms with Crippen molar-refractivity contribution >= 4 is 23.0 Å². The molecular weight excluding hydrogens is 312 g/mol. The highest BCUT2D eigenvalue weighted by Gasteiger charge is 2.30. The number of thiophene rings is 1. The second kappa shape index (κ2) is 5.45. The van der Waals surface area contributed by atoms with E-state index in [4.69, 9.17) is 0 Å². The molecule has 23 heavy (non-hydrogen) atoms. The van der Waals surface area contributed by atoms with Gasteiger partial charge in [-0.05, 0) is 36.8 Å². The number of pyridine rings is 1. The number of aromatic amines is 1. The maximum Gasteiger partial charge on any atom is 0.261 e. The van der Waals surface area contributed by atoms with Crippen molar-refractivity contribution in [3.05, 3.63) is 55.6 Å². The number of hydrogen-bond acceptors (Lipinski definition) is 4. The molecule has 1 amide bonds. The van der Waals surface area contributed by atoms with E-state index in [-0.39, 0.29) is 29.2 Å². The van der Waals surface area contributed by atoms with Crippen LogP contribution in [0.3, 0.4) is 0 Å². The van der Waals surface area contributed by atoms with Gasteiger partial charge in [-0.15, -0.1) is 11.3 Å². The van der Waals surface area contributed by atoms with Crippen LogP contribution in [0, 0.1) is 0 Å². The lowest BCUT2D eigenvalue weighted by atomic mass is 9.84. The summed E-state index contributed by atoms with van der Waals surface area (Å²) < 4.78 is 0. The maximum atomic E-state index is 12.5. The van der Waals surface area contributed by atoms with Crippen molar-refractivity contribution in [1.82, 2.24) is 10.3 Å². The van der Waals surface area contributed by atoms with Crippen molar-refractivity contribution in [3.8, 4) is 0 Å². The Morgan fingerprint density at radius 1 is 1.26 bits per heavy atom. The molecule has 2 aliphatic carbocycles. The number of hydrogen-bond donors (Lipinski definition) is 2. The van der Waals surface area contributed by atoms with E-state index >= 15 is 0 Å². The minimum absolute atomic E-state index is 0.0126. The van der Waals surface area contributed by atoms with Crippen LogP contribution < -0.4 is 10.9 Å². The summed E-state index contributed by atoms with van der Waals surface area (Å²) in [5.74, 6) is -0.289. The van der Waals surface area contributed by atoms with Gasteiger partial charge in [-0.25, -0.2) is 0 Å². The number of Topliss-reactive ketones (excluding diaryl/α,β-unsaturated/α-hetero) is 1. The first-order valence-electron chi connectivity index (χ1n) is 7.75. The zero-order valence-electron chi connectivity index (χ0n) is 12.4. The van der Waals surface area contributed by atoms with Crippen LogP contribution >= 0.6 is 11.3 Å². The van der Waals surface area contributed by atoms with Crippen LogP contribution in [0.25, 0.3) is 0 Å². The molecule has 2 aromatic heterocycles. The number of aromatic nitrogens is 1. The molecule has 6 heteroatoms. The lowest BCUT2D eigenvalue weighted by Gasteiger charge is -2.22. The zero-order chi connectivity index (χ0) is 16.0. The zero-order valence-corrected chi connectivity index (χ0v) is 13.2. The van der Waals surface area contributed by atoms with E-state index in [1.807, 2.05) is 17.5 Å². The Morgan fingerprint density at radius 3 is 2.78 bits per heavy atom. The summed E-state index contributed by atoms with van der Waals surface area (Å²) in [5.41, 5.74) is 0.756. The molecule has 2 aromatic rings. The van der Waals surface area contributed by atoms with Gasteiger partial charge in [0.05, 0.1) is 0 Å². The van der Waals surface area contributed by atoms with Gasteiger partial charge in [0.25, 0.3) is 11.5 Å². The van der Waals surface area contributed by atoms with E-state index < -0.39 is 5.56 Å². The predicted octanol–water partition coefficient (Wildman–Crippen LogP) is 2.24. The largest absolute Gasteiger partial charge is 0.349 e. The Morgan fingerprint density at radius 2 is 2.09 bits per heavy atom. The molecule has 1 fully saturated rings. The van der Waals surface area contributed by atoms with Gasteiger partial charge < -0.3 is 10.3 Å². The molecule has 0 radical (unpaired) electrons. The highest BCUT2D eigenvalue weighted by Crippen LogP contribution is 2.33. The fraction of sp³-hybridized carbons (Fsp3) is 0.353. The van der Waals surface area contributed by atoms with Crippen molar-refractivity contribution in [1.29, 1.82) is 0 Å². The molecule has 0 aliphatic heterocycles. The number of amides is 1. The Labute approximate surface area is 136 Å². The van der Waals surface area contributed by atoms with Gasteiger partial charge >= 0.3 is 0 Å². The highest BCUT2D eigenvalue weighted by atomic mass is 32.1. The van der Waals surface area contributed by atoms with Gasteiger partial charge in [-0.3, -0.25) is 14.4 Å². The minimum atomic E-state index is -0.415. The number of H-pyrrole nitrogens is 1. The lowest BCUT2D eigenvalue weighted by Crippen LogP contribution is -2.33. The van der Waals surface area contributed by atoms with Gasteiger partial charge in [0.2, 0.25) is 0 Å². The molecule has 1 atom stereocenters. The first kappa shape index (κ1) is 14.4. The van der Waals surface area contributed by atoms with E-state index in [1.54, 1.807) is 11.3 Å². The molecular formula is C17H16N2O3S. The molecule has 1 saturated carbocycles. The van der Waals surface area contributed by atoms with Gasteiger partial charge in [0.1, 0.15) is 5.56 Å².